The molecule has 0 saturated carbocycles. The monoisotopic (exact) mass is 423 g/mol. The first-order valence-corrected chi connectivity index (χ1v) is 8.81. The van der Waals surface area contributed by atoms with Crippen LogP contribution in [-0.2, 0) is 0 Å². The second kappa shape index (κ2) is 9.34. The van der Waals surface area contributed by atoms with Gasteiger partial charge >= 0.3 is 12.1 Å². The SMILES string of the molecule is CN(F)C(=S)N(C(=O)N(CC(C)(C)C)C(=O)Oc1ccccc1)C(Cl)Cl. The normalized spacial score (nSPS) is 11.1. The van der Waals surface area contributed by atoms with Crippen LogP contribution in [0, 0.1) is 5.41 Å². The average Bonchev–Trinajstić information content (AvgIpc) is 2.52. The molecule has 6 nitrogen and oxygen atoms in total. The molecule has 0 aliphatic rings. The smallest absolute Gasteiger partial charge is 0.410 e. The highest BCUT2D eigenvalue weighted by molar-refractivity contribution is 7.80. The Morgan fingerprint density at radius 1 is 1.23 bits per heavy atom. The Labute approximate surface area is 167 Å². The summed E-state index contributed by atoms with van der Waals surface area (Å²) in [4.78, 5) is 25.3. The first-order chi connectivity index (χ1) is 11.9. The number of nitrogens with zero attached hydrogens (tertiary/aromatic N) is 3. The summed E-state index contributed by atoms with van der Waals surface area (Å²) in [7, 11) is 0.981. The highest BCUT2D eigenvalue weighted by atomic mass is 35.5. The second-order valence-electron chi connectivity index (χ2n) is 6.52. The molecule has 0 aliphatic heterocycles. The first-order valence-electron chi connectivity index (χ1n) is 7.53. The summed E-state index contributed by atoms with van der Waals surface area (Å²) >= 11 is 16.4. The number of benzene rings is 1. The second-order valence-corrected chi connectivity index (χ2v) is 7.93. The fourth-order valence-electron chi connectivity index (χ4n) is 1.86. The summed E-state index contributed by atoms with van der Waals surface area (Å²) in [6.45, 7) is 5.40. The third-order valence-electron chi connectivity index (χ3n) is 2.90. The quantitative estimate of drug-likeness (QED) is 0.302. The van der Waals surface area contributed by atoms with E-state index < -0.39 is 27.6 Å². The van der Waals surface area contributed by atoms with Gasteiger partial charge in [0, 0.05) is 13.6 Å². The molecule has 0 heterocycles. The molecule has 0 saturated heterocycles. The molecule has 0 aliphatic carbocycles. The predicted octanol–water partition coefficient (Wildman–Crippen LogP) is 4.82. The lowest BCUT2D eigenvalue weighted by Gasteiger charge is -2.33. The standard InChI is InChI=1S/C16H20Cl2FN3O3S/c1-16(2,3)10-21(15(24)25-11-8-6-5-7-9-11)13(23)22(12(17)18)14(26)20(4)19/h5-9,12H,10H2,1-4H3. The zero-order chi connectivity index (χ0) is 20.1. The van der Waals surface area contributed by atoms with Crippen molar-refractivity contribution in [2.45, 2.75) is 25.7 Å². The van der Waals surface area contributed by atoms with Crippen molar-refractivity contribution in [3.05, 3.63) is 30.3 Å². The van der Waals surface area contributed by atoms with Crippen LogP contribution in [0.3, 0.4) is 0 Å². The Morgan fingerprint density at radius 2 is 1.77 bits per heavy atom. The van der Waals surface area contributed by atoms with Gasteiger partial charge in [0.25, 0.3) is 0 Å². The number of thiocarbonyl (C=S) groups is 1. The molecule has 0 aromatic heterocycles. The number of ether oxygens (including phenoxy) is 1. The van der Waals surface area contributed by atoms with Gasteiger partial charge < -0.3 is 4.74 Å². The minimum absolute atomic E-state index is 0.00277. The van der Waals surface area contributed by atoms with Crippen molar-refractivity contribution in [3.8, 4) is 5.75 Å². The molecule has 0 fully saturated rings. The Kier molecular flexibility index (Phi) is 8.05. The van der Waals surface area contributed by atoms with Crippen molar-refractivity contribution < 1.29 is 18.8 Å². The van der Waals surface area contributed by atoms with Crippen LogP contribution in [0.2, 0.25) is 0 Å². The molecule has 0 radical (unpaired) electrons. The summed E-state index contributed by atoms with van der Waals surface area (Å²) < 4.78 is 18.7. The van der Waals surface area contributed by atoms with Gasteiger partial charge in [-0.15, -0.1) is 0 Å². The van der Waals surface area contributed by atoms with Gasteiger partial charge in [0.05, 0.1) is 0 Å². The topological polar surface area (TPSA) is 53.1 Å². The highest BCUT2D eigenvalue weighted by Crippen LogP contribution is 2.22. The number of hydrogen-bond acceptors (Lipinski definition) is 4. The van der Waals surface area contributed by atoms with Crippen molar-refractivity contribution in [3.63, 3.8) is 0 Å². The number of amides is 3. The van der Waals surface area contributed by atoms with Crippen LogP contribution in [-0.4, -0.2) is 50.7 Å². The Bertz CT molecular complexity index is 654. The highest BCUT2D eigenvalue weighted by Gasteiger charge is 2.37. The Balaban J connectivity index is 3.16. The molecule has 26 heavy (non-hydrogen) atoms. The van der Waals surface area contributed by atoms with E-state index in [1.54, 1.807) is 30.3 Å². The minimum atomic E-state index is -1.50. The van der Waals surface area contributed by atoms with Crippen LogP contribution in [0.1, 0.15) is 20.8 Å². The molecule has 0 spiro atoms. The van der Waals surface area contributed by atoms with E-state index in [0.717, 1.165) is 11.9 Å². The molecule has 144 valence electrons. The van der Waals surface area contributed by atoms with Crippen molar-refractivity contribution in [2.24, 2.45) is 5.41 Å². The Morgan fingerprint density at radius 3 is 2.19 bits per heavy atom. The third kappa shape index (κ3) is 6.59. The number of carbonyl (C=O) groups is 2. The van der Waals surface area contributed by atoms with Crippen LogP contribution in [0.5, 0.6) is 5.75 Å². The van der Waals surface area contributed by atoms with Gasteiger partial charge in [0.15, 0.2) is 4.96 Å². The van der Waals surface area contributed by atoms with E-state index in [1.807, 2.05) is 20.8 Å². The van der Waals surface area contributed by atoms with E-state index in [2.05, 4.69) is 0 Å². The molecule has 3 amide bonds. The fraction of sp³-hybridized carbons (Fsp3) is 0.438. The molecule has 0 atom stereocenters. The van der Waals surface area contributed by atoms with Crippen molar-refractivity contribution >= 4 is 52.7 Å². The van der Waals surface area contributed by atoms with Gasteiger partial charge in [-0.2, -0.15) is 5.12 Å². The van der Waals surface area contributed by atoms with E-state index in [9.17, 15) is 14.1 Å². The maximum Gasteiger partial charge on any atom is 0.423 e. The number of halogens is 3. The molecule has 1 aromatic rings. The Hall–Kier alpha value is -1.64. The van der Waals surface area contributed by atoms with Crippen LogP contribution in [0.25, 0.3) is 0 Å². The molecule has 10 heteroatoms. The van der Waals surface area contributed by atoms with Gasteiger partial charge in [0.2, 0.25) is 5.11 Å². The van der Waals surface area contributed by atoms with Crippen LogP contribution < -0.4 is 4.74 Å². The van der Waals surface area contributed by atoms with Gasteiger partial charge in [-0.05, 0) is 29.8 Å². The lowest BCUT2D eigenvalue weighted by Crippen LogP contribution is -2.54. The van der Waals surface area contributed by atoms with Gasteiger partial charge in [-0.25, -0.2) is 19.4 Å². The molecular formula is C16H20Cl2FN3O3S. The van der Waals surface area contributed by atoms with E-state index in [0.29, 0.717) is 4.90 Å². The van der Waals surface area contributed by atoms with Crippen molar-refractivity contribution in [2.75, 3.05) is 13.6 Å². The van der Waals surface area contributed by atoms with Crippen molar-refractivity contribution in [1.29, 1.82) is 0 Å². The molecule has 1 rings (SSSR count). The third-order valence-corrected chi connectivity index (χ3v) is 3.74. The minimum Gasteiger partial charge on any atom is -0.410 e. The number of hydrogen-bond donors (Lipinski definition) is 0. The maximum absolute atomic E-state index is 13.5. The largest absolute Gasteiger partial charge is 0.423 e. The number of urea groups is 1. The van der Waals surface area contributed by atoms with Gasteiger partial charge in [-0.1, -0.05) is 66.7 Å². The zero-order valence-corrected chi connectivity index (χ0v) is 17.1. The fourth-order valence-corrected chi connectivity index (χ4v) is 2.51. The number of rotatable bonds is 3. The van der Waals surface area contributed by atoms with E-state index >= 15 is 0 Å². The number of para-hydroxylation sites is 1. The molecule has 0 N–H and O–H groups in total. The number of alkyl halides is 2. The van der Waals surface area contributed by atoms with E-state index in [-0.39, 0.29) is 17.4 Å². The lowest BCUT2D eigenvalue weighted by atomic mass is 9.96. The maximum atomic E-state index is 13.5. The van der Waals surface area contributed by atoms with Crippen molar-refractivity contribution in [1.82, 2.24) is 14.9 Å². The summed E-state index contributed by atoms with van der Waals surface area (Å²) in [5, 5.41) is -0.584. The van der Waals surface area contributed by atoms with Crippen LogP contribution in [0.4, 0.5) is 14.1 Å². The number of carbonyl (C=O) groups excluding carboxylic acids is 2. The summed E-state index contributed by atoms with van der Waals surface area (Å²) in [5.74, 6) is 0.245. The number of imide groups is 1. The molecule has 0 bridgehead atoms. The van der Waals surface area contributed by atoms with Crippen LogP contribution >= 0.6 is 35.4 Å². The van der Waals surface area contributed by atoms with E-state index in [1.165, 1.54) is 0 Å². The average molecular weight is 424 g/mol. The molecular weight excluding hydrogens is 404 g/mol. The first kappa shape index (κ1) is 22.4. The van der Waals surface area contributed by atoms with Gasteiger partial charge in [0.1, 0.15) is 5.75 Å². The summed E-state index contributed by atoms with van der Waals surface area (Å²) in [5.41, 5.74) is -0.478. The van der Waals surface area contributed by atoms with Gasteiger partial charge in [-0.3, -0.25) is 0 Å². The predicted molar refractivity (Wildman–Crippen MR) is 103 cm³/mol. The molecule has 1 aromatic carbocycles. The summed E-state index contributed by atoms with van der Waals surface area (Å²) in [6.07, 6.45) is -0.959. The van der Waals surface area contributed by atoms with Crippen LogP contribution in [0.15, 0.2) is 30.3 Å². The lowest BCUT2D eigenvalue weighted by molar-refractivity contribution is 0.115. The zero-order valence-electron chi connectivity index (χ0n) is 14.8. The van der Waals surface area contributed by atoms with E-state index in [4.69, 9.17) is 40.2 Å². The summed E-state index contributed by atoms with van der Waals surface area (Å²) in [6, 6.07) is 7.21. The molecule has 0 unspecified atom stereocenters.